The normalized spacial score (nSPS) is 13.5. The fraction of sp³-hybridized carbons (Fsp3) is 0.816. The minimum Gasteiger partial charge on any atom is -0.394 e. The highest BCUT2D eigenvalue weighted by atomic mass is 16.3. The molecule has 2 unspecified atom stereocenters. The van der Waals surface area contributed by atoms with Crippen LogP contribution in [0.2, 0.25) is 0 Å². The van der Waals surface area contributed by atoms with Gasteiger partial charge in [-0.25, -0.2) is 0 Å². The van der Waals surface area contributed by atoms with Gasteiger partial charge in [0, 0.05) is 6.42 Å². The van der Waals surface area contributed by atoms with Gasteiger partial charge in [0.1, 0.15) is 0 Å². The van der Waals surface area contributed by atoms with Crippen LogP contribution in [0.5, 0.6) is 0 Å². The highest BCUT2D eigenvalue weighted by Crippen LogP contribution is 2.14. The number of aliphatic hydroxyl groups excluding tert-OH is 2. The molecule has 1 amide bonds. The summed E-state index contributed by atoms with van der Waals surface area (Å²) in [6.07, 6.45) is 43.7. The molecule has 0 saturated carbocycles. The van der Waals surface area contributed by atoms with Crippen molar-refractivity contribution in [3.8, 4) is 0 Å². The molecule has 0 aliphatic rings. The fourth-order valence-electron chi connectivity index (χ4n) is 5.27. The van der Waals surface area contributed by atoms with E-state index in [1.165, 1.54) is 122 Å². The molecule has 0 aliphatic carbocycles. The maximum absolute atomic E-state index is 12.3. The van der Waals surface area contributed by atoms with Crippen molar-refractivity contribution in [2.24, 2.45) is 0 Å². The van der Waals surface area contributed by atoms with Gasteiger partial charge >= 0.3 is 0 Å². The van der Waals surface area contributed by atoms with E-state index >= 15 is 0 Å². The average molecular weight is 590 g/mol. The van der Waals surface area contributed by atoms with Gasteiger partial charge in [0.25, 0.3) is 0 Å². The molecule has 0 aromatic rings. The summed E-state index contributed by atoms with van der Waals surface area (Å²) in [6, 6.07) is -0.640. The summed E-state index contributed by atoms with van der Waals surface area (Å²) < 4.78 is 0. The third-order valence-electron chi connectivity index (χ3n) is 8.10. The maximum atomic E-state index is 12.3. The van der Waals surface area contributed by atoms with Crippen molar-refractivity contribution >= 4 is 5.91 Å². The van der Waals surface area contributed by atoms with Crippen LogP contribution in [-0.2, 0) is 4.79 Å². The largest absolute Gasteiger partial charge is 0.394 e. The Bertz CT molecular complexity index is 642. The van der Waals surface area contributed by atoms with Crippen molar-refractivity contribution in [2.75, 3.05) is 6.61 Å². The number of rotatable bonds is 32. The lowest BCUT2D eigenvalue weighted by Gasteiger charge is -2.19. The summed E-state index contributed by atoms with van der Waals surface area (Å²) in [4.78, 5) is 12.3. The standard InChI is InChI=1S/C38H71NO3/c1-3-5-7-9-11-13-15-17-18-19-20-22-24-26-28-30-32-34-38(42)39-36(35-40)37(41)33-31-29-27-25-23-21-16-14-12-10-8-6-4-2/h12,14,23,25,31,33,36-37,40-41H,3-11,13,15-22,24,26-30,32,34-35H2,1-2H3,(H,39,42)/b14-12+,25-23+,33-31+. The van der Waals surface area contributed by atoms with E-state index in [0.29, 0.717) is 6.42 Å². The Hall–Kier alpha value is -1.39. The quantitative estimate of drug-likeness (QED) is 0.0540. The maximum Gasteiger partial charge on any atom is 0.220 e. The van der Waals surface area contributed by atoms with Crippen LogP contribution in [0.1, 0.15) is 181 Å². The van der Waals surface area contributed by atoms with Crippen molar-refractivity contribution in [1.29, 1.82) is 0 Å². The molecule has 0 rings (SSSR count). The summed E-state index contributed by atoms with van der Waals surface area (Å²) in [7, 11) is 0. The average Bonchev–Trinajstić information content (AvgIpc) is 2.99. The second-order valence-corrected chi connectivity index (χ2v) is 12.3. The zero-order valence-electron chi connectivity index (χ0n) is 28.0. The molecule has 0 fully saturated rings. The van der Waals surface area contributed by atoms with Gasteiger partial charge in [-0.2, -0.15) is 0 Å². The van der Waals surface area contributed by atoms with Crippen LogP contribution in [0, 0.1) is 0 Å². The molecule has 0 aliphatic heterocycles. The van der Waals surface area contributed by atoms with Gasteiger partial charge in [0.05, 0.1) is 18.8 Å². The fourth-order valence-corrected chi connectivity index (χ4v) is 5.27. The lowest BCUT2D eigenvalue weighted by molar-refractivity contribution is -0.123. The molecule has 2 atom stereocenters. The van der Waals surface area contributed by atoms with Crippen molar-refractivity contribution in [3.05, 3.63) is 36.5 Å². The molecule has 42 heavy (non-hydrogen) atoms. The van der Waals surface area contributed by atoms with Crippen molar-refractivity contribution in [2.45, 2.75) is 193 Å². The highest BCUT2D eigenvalue weighted by molar-refractivity contribution is 5.76. The second-order valence-electron chi connectivity index (χ2n) is 12.3. The summed E-state index contributed by atoms with van der Waals surface area (Å²) in [5.74, 6) is -0.0789. The first-order valence-corrected chi connectivity index (χ1v) is 18.2. The van der Waals surface area contributed by atoms with Gasteiger partial charge < -0.3 is 15.5 Å². The van der Waals surface area contributed by atoms with E-state index in [9.17, 15) is 15.0 Å². The first-order chi connectivity index (χ1) is 20.7. The molecule has 246 valence electrons. The number of carbonyl (C=O) groups excluding carboxylic acids is 1. The number of carbonyl (C=O) groups is 1. The molecule has 3 N–H and O–H groups in total. The Balaban J connectivity index is 3.66. The Morgan fingerprint density at radius 1 is 0.548 bits per heavy atom. The summed E-state index contributed by atoms with van der Waals surface area (Å²) >= 11 is 0. The summed E-state index contributed by atoms with van der Waals surface area (Å²) in [6.45, 7) is 4.25. The van der Waals surface area contributed by atoms with E-state index in [1.807, 2.05) is 6.08 Å². The van der Waals surface area contributed by atoms with Gasteiger partial charge in [0.15, 0.2) is 0 Å². The van der Waals surface area contributed by atoms with Crippen molar-refractivity contribution < 1.29 is 15.0 Å². The molecule has 4 heteroatoms. The molecular formula is C38H71NO3. The van der Waals surface area contributed by atoms with Crippen molar-refractivity contribution in [1.82, 2.24) is 5.32 Å². The van der Waals surface area contributed by atoms with Gasteiger partial charge in [-0.1, -0.05) is 166 Å². The van der Waals surface area contributed by atoms with Gasteiger partial charge in [0.2, 0.25) is 5.91 Å². The first-order valence-electron chi connectivity index (χ1n) is 18.2. The van der Waals surface area contributed by atoms with Crippen molar-refractivity contribution in [3.63, 3.8) is 0 Å². The monoisotopic (exact) mass is 590 g/mol. The van der Waals surface area contributed by atoms with Crippen LogP contribution >= 0.6 is 0 Å². The number of amides is 1. The topological polar surface area (TPSA) is 69.6 Å². The summed E-state index contributed by atoms with van der Waals surface area (Å²) in [5, 5.41) is 22.8. The Morgan fingerprint density at radius 3 is 1.38 bits per heavy atom. The molecule has 4 nitrogen and oxygen atoms in total. The SMILES string of the molecule is CCCCC/C=C/CC/C=C/CC/C=C/C(O)C(CO)NC(=O)CCCCCCCCCCCCCCCCCCC. The molecule has 0 spiro atoms. The van der Waals surface area contributed by atoms with Gasteiger partial charge in [-0.3, -0.25) is 4.79 Å². The summed E-state index contributed by atoms with van der Waals surface area (Å²) in [5.41, 5.74) is 0. The lowest BCUT2D eigenvalue weighted by atomic mass is 10.0. The van der Waals surface area contributed by atoms with Gasteiger partial charge in [-0.05, 0) is 44.9 Å². The van der Waals surface area contributed by atoms with E-state index in [-0.39, 0.29) is 12.5 Å². The minimum absolute atomic E-state index is 0.0789. The van der Waals surface area contributed by atoms with Crippen LogP contribution in [-0.4, -0.2) is 34.9 Å². The molecule has 0 heterocycles. The zero-order chi connectivity index (χ0) is 30.8. The second kappa shape index (κ2) is 34.1. The molecular weight excluding hydrogens is 518 g/mol. The predicted molar refractivity (Wildman–Crippen MR) is 184 cm³/mol. The molecule has 0 bridgehead atoms. The lowest BCUT2D eigenvalue weighted by Crippen LogP contribution is -2.45. The number of allylic oxidation sites excluding steroid dienone is 5. The van der Waals surface area contributed by atoms with E-state index in [0.717, 1.165) is 38.5 Å². The number of hydrogen-bond acceptors (Lipinski definition) is 3. The van der Waals surface area contributed by atoms with Crippen LogP contribution in [0.3, 0.4) is 0 Å². The number of unbranched alkanes of at least 4 members (excludes halogenated alkanes) is 21. The zero-order valence-corrected chi connectivity index (χ0v) is 28.0. The van der Waals surface area contributed by atoms with Crippen LogP contribution < -0.4 is 5.32 Å². The Labute approximate surface area is 261 Å². The van der Waals surface area contributed by atoms with Crippen LogP contribution in [0.25, 0.3) is 0 Å². The Morgan fingerprint density at radius 2 is 0.929 bits per heavy atom. The van der Waals surface area contributed by atoms with E-state index in [2.05, 4.69) is 43.5 Å². The van der Waals surface area contributed by atoms with E-state index in [4.69, 9.17) is 0 Å². The van der Waals surface area contributed by atoms with Crippen LogP contribution in [0.15, 0.2) is 36.5 Å². The number of nitrogens with one attached hydrogen (secondary N) is 1. The van der Waals surface area contributed by atoms with E-state index in [1.54, 1.807) is 6.08 Å². The molecule has 0 aromatic heterocycles. The van der Waals surface area contributed by atoms with Crippen LogP contribution in [0.4, 0.5) is 0 Å². The smallest absolute Gasteiger partial charge is 0.220 e. The van der Waals surface area contributed by atoms with E-state index < -0.39 is 12.1 Å². The minimum atomic E-state index is -0.865. The highest BCUT2D eigenvalue weighted by Gasteiger charge is 2.17. The van der Waals surface area contributed by atoms with Gasteiger partial charge in [-0.15, -0.1) is 0 Å². The number of hydrogen-bond donors (Lipinski definition) is 3. The third-order valence-corrected chi connectivity index (χ3v) is 8.10. The first kappa shape index (κ1) is 40.6. The molecule has 0 radical (unpaired) electrons. The third kappa shape index (κ3) is 30.1. The number of aliphatic hydroxyl groups is 2. The molecule has 0 saturated heterocycles. The molecule has 0 aromatic carbocycles. The predicted octanol–water partition coefficient (Wildman–Crippen LogP) is 10.7. The Kier molecular flexibility index (Phi) is 33.0.